The monoisotopic (exact) mass is 193 g/mol. The van der Waals surface area contributed by atoms with Gasteiger partial charge in [-0.05, 0) is 11.6 Å². The van der Waals surface area contributed by atoms with Crippen molar-refractivity contribution in [3.05, 3.63) is 40.3 Å². The molecular formula is C11H10ClO. The van der Waals surface area contributed by atoms with Crippen molar-refractivity contribution in [3.8, 4) is 12.3 Å². The van der Waals surface area contributed by atoms with Gasteiger partial charge in [0.25, 0.3) is 0 Å². The van der Waals surface area contributed by atoms with E-state index in [1.807, 2.05) is 19.1 Å². The zero-order valence-electron chi connectivity index (χ0n) is 7.34. The number of benzene rings is 1. The number of hydrogen-bond acceptors (Lipinski definition) is 1. The Hall–Kier alpha value is -0.970. The van der Waals surface area contributed by atoms with E-state index in [1.165, 1.54) is 0 Å². The normalized spacial score (nSPS) is 10.1. The predicted octanol–water partition coefficient (Wildman–Crippen LogP) is 2.26. The maximum Gasteiger partial charge on any atom is 0.0601 e. The quantitative estimate of drug-likeness (QED) is 0.715. The first kappa shape index (κ1) is 10.1. The van der Waals surface area contributed by atoms with E-state index in [4.69, 9.17) is 23.1 Å². The number of aliphatic hydroxyl groups is 1. The lowest BCUT2D eigenvalue weighted by atomic mass is 10.00. The van der Waals surface area contributed by atoms with Crippen LogP contribution in [0.3, 0.4) is 0 Å². The molecule has 1 radical (unpaired) electrons. The molecule has 0 bridgehead atoms. The van der Waals surface area contributed by atoms with Gasteiger partial charge >= 0.3 is 0 Å². The summed E-state index contributed by atoms with van der Waals surface area (Å²) in [4.78, 5) is 0. The van der Waals surface area contributed by atoms with Crippen LogP contribution in [0.4, 0.5) is 0 Å². The molecule has 1 rings (SSSR count). The van der Waals surface area contributed by atoms with Crippen molar-refractivity contribution < 1.29 is 5.11 Å². The molecule has 2 heteroatoms. The van der Waals surface area contributed by atoms with Crippen LogP contribution in [-0.4, -0.2) is 11.7 Å². The zero-order valence-corrected chi connectivity index (χ0v) is 8.10. The van der Waals surface area contributed by atoms with Crippen LogP contribution in [0.1, 0.15) is 18.1 Å². The standard InChI is InChI=1S/C11H10ClO/c1-3-9-5-4-6-10(11(9)12)8(2)7-13/h1,4-6,13H,7H2,2H3. The van der Waals surface area contributed by atoms with E-state index in [2.05, 4.69) is 5.92 Å². The Labute approximate surface area is 83.4 Å². The van der Waals surface area contributed by atoms with Gasteiger partial charge in [-0.25, -0.2) is 0 Å². The third-order valence-electron chi connectivity index (χ3n) is 1.85. The number of terminal acetylenes is 1. The van der Waals surface area contributed by atoms with Crippen LogP contribution < -0.4 is 0 Å². The topological polar surface area (TPSA) is 20.2 Å². The molecule has 0 aliphatic rings. The molecule has 0 unspecified atom stereocenters. The molecule has 0 spiro atoms. The van der Waals surface area contributed by atoms with Gasteiger partial charge in [-0.1, -0.05) is 36.6 Å². The lowest BCUT2D eigenvalue weighted by molar-refractivity contribution is 0.315. The van der Waals surface area contributed by atoms with Crippen molar-refractivity contribution in [3.63, 3.8) is 0 Å². The van der Waals surface area contributed by atoms with Gasteiger partial charge in [0.15, 0.2) is 0 Å². The fourth-order valence-corrected chi connectivity index (χ4v) is 1.40. The van der Waals surface area contributed by atoms with E-state index in [-0.39, 0.29) is 6.61 Å². The summed E-state index contributed by atoms with van der Waals surface area (Å²) in [6.45, 7) is 1.81. The summed E-state index contributed by atoms with van der Waals surface area (Å²) < 4.78 is 0. The molecule has 0 saturated heterocycles. The van der Waals surface area contributed by atoms with Gasteiger partial charge in [0, 0.05) is 11.5 Å². The van der Waals surface area contributed by atoms with Crippen LogP contribution in [0.25, 0.3) is 0 Å². The van der Waals surface area contributed by atoms with Crippen LogP contribution in [-0.2, 0) is 0 Å². The molecular weight excluding hydrogens is 184 g/mol. The average molecular weight is 194 g/mol. The molecule has 0 fully saturated rings. The minimum Gasteiger partial charge on any atom is -0.395 e. The molecule has 0 atom stereocenters. The van der Waals surface area contributed by atoms with Gasteiger partial charge in [-0.2, -0.15) is 0 Å². The SMILES string of the molecule is C#Cc1cccc([C](C)CO)c1Cl. The fraction of sp³-hybridized carbons (Fsp3) is 0.182. The van der Waals surface area contributed by atoms with Crippen LogP contribution in [0.15, 0.2) is 18.2 Å². The lowest BCUT2D eigenvalue weighted by Crippen LogP contribution is -2.01. The Balaban J connectivity index is 3.17. The Morgan fingerprint density at radius 2 is 2.31 bits per heavy atom. The van der Waals surface area contributed by atoms with E-state index >= 15 is 0 Å². The van der Waals surface area contributed by atoms with E-state index in [0.29, 0.717) is 10.6 Å². The summed E-state index contributed by atoms with van der Waals surface area (Å²) in [5, 5.41) is 9.47. The summed E-state index contributed by atoms with van der Waals surface area (Å²) >= 11 is 6.01. The molecule has 1 nitrogen and oxygen atoms in total. The smallest absolute Gasteiger partial charge is 0.0601 e. The summed E-state index contributed by atoms with van der Waals surface area (Å²) in [6.07, 6.45) is 5.25. The second-order valence-electron chi connectivity index (χ2n) is 2.75. The van der Waals surface area contributed by atoms with E-state index < -0.39 is 0 Å². The van der Waals surface area contributed by atoms with Crippen molar-refractivity contribution in [1.29, 1.82) is 0 Å². The molecule has 13 heavy (non-hydrogen) atoms. The Kier molecular flexibility index (Phi) is 3.36. The summed E-state index contributed by atoms with van der Waals surface area (Å²) in [6, 6.07) is 5.45. The van der Waals surface area contributed by atoms with Gasteiger partial charge in [0.1, 0.15) is 0 Å². The van der Waals surface area contributed by atoms with Crippen LogP contribution in [0, 0.1) is 18.3 Å². The predicted molar refractivity (Wildman–Crippen MR) is 54.5 cm³/mol. The average Bonchev–Trinajstić information content (AvgIpc) is 2.17. The number of aliphatic hydroxyl groups excluding tert-OH is 1. The Bertz CT molecular complexity index is 338. The molecule has 1 aromatic rings. The van der Waals surface area contributed by atoms with Crippen molar-refractivity contribution >= 4 is 11.6 Å². The molecule has 0 amide bonds. The van der Waals surface area contributed by atoms with Crippen LogP contribution in [0.2, 0.25) is 5.02 Å². The summed E-state index contributed by atoms with van der Waals surface area (Å²) in [5.41, 5.74) is 1.48. The van der Waals surface area contributed by atoms with E-state index in [9.17, 15) is 0 Å². The first-order valence-electron chi connectivity index (χ1n) is 3.89. The Morgan fingerprint density at radius 3 is 2.85 bits per heavy atom. The zero-order chi connectivity index (χ0) is 9.84. The number of hydrogen-bond donors (Lipinski definition) is 1. The molecule has 0 saturated carbocycles. The molecule has 0 aromatic heterocycles. The fourth-order valence-electron chi connectivity index (χ4n) is 1.06. The van der Waals surface area contributed by atoms with E-state index in [0.717, 1.165) is 11.5 Å². The molecule has 1 N–H and O–H groups in total. The maximum absolute atomic E-state index is 8.93. The minimum atomic E-state index is -0.00621. The van der Waals surface area contributed by atoms with Gasteiger partial charge in [-0.15, -0.1) is 6.42 Å². The first-order valence-corrected chi connectivity index (χ1v) is 4.27. The second-order valence-corrected chi connectivity index (χ2v) is 3.13. The number of halogens is 1. The first-order chi connectivity index (χ1) is 6.20. The van der Waals surface area contributed by atoms with Gasteiger partial charge in [-0.3, -0.25) is 0 Å². The van der Waals surface area contributed by atoms with Crippen molar-refractivity contribution in [2.45, 2.75) is 6.92 Å². The highest BCUT2D eigenvalue weighted by Gasteiger charge is 2.10. The number of rotatable bonds is 2. The van der Waals surface area contributed by atoms with Crippen LogP contribution in [0.5, 0.6) is 0 Å². The second kappa shape index (κ2) is 4.32. The maximum atomic E-state index is 8.93. The third kappa shape index (κ3) is 2.03. The molecule has 1 aromatic carbocycles. The molecule has 0 aliphatic carbocycles. The molecule has 0 aliphatic heterocycles. The largest absolute Gasteiger partial charge is 0.395 e. The van der Waals surface area contributed by atoms with E-state index in [1.54, 1.807) is 6.07 Å². The lowest BCUT2D eigenvalue weighted by Gasteiger charge is -2.10. The molecule has 67 valence electrons. The highest BCUT2D eigenvalue weighted by Crippen LogP contribution is 2.26. The van der Waals surface area contributed by atoms with Crippen molar-refractivity contribution in [1.82, 2.24) is 0 Å². The minimum absolute atomic E-state index is 0.00621. The third-order valence-corrected chi connectivity index (χ3v) is 2.26. The van der Waals surface area contributed by atoms with Gasteiger partial charge in [0.2, 0.25) is 0 Å². The van der Waals surface area contributed by atoms with Crippen molar-refractivity contribution in [2.75, 3.05) is 6.61 Å². The van der Waals surface area contributed by atoms with Gasteiger partial charge < -0.3 is 5.11 Å². The van der Waals surface area contributed by atoms with Crippen molar-refractivity contribution in [2.24, 2.45) is 0 Å². The Morgan fingerprint density at radius 1 is 1.62 bits per heavy atom. The van der Waals surface area contributed by atoms with Gasteiger partial charge in [0.05, 0.1) is 11.6 Å². The van der Waals surface area contributed by atoms with Crippen LogP contribution >= 0.6 is 11.6 Å². The molecule has 0 heterocycles. The highest BCUT2D eigenvalue weighted by atomic mass is 35.5. The summed E-state index contributed by atoms with van der Waals surface area (Å²) in [7, 11) is 0. The summed E-state index contributed by atoms with van der Waals surface area (Å²) in [5.74, 6) is 3.31. The highest BCUT2D eigenvalue weighted by molar-refractivity contribution is 6.32.